The van der Waals surface area contributed by atoms with Gasteiger partial charge in [-0.05, 0) is 75.4 Å². The zero-order valence-electron chi connectivity index (χ0n) is 22.0. The second-order valence-corrected chi connectivity index (χ2v) is 9.99. The van der Waals surface area contributed by atoms with Gasteiger partial charge in [0.1, 0.15) is 5.75 Å². The molecule has 2 heterocycles. The fourth-order valence-electron chi connectivity index (χ4n) is 5.05. The highest BCUT2D eigenvalue weighted by atomic mass is 19.4. The summed E-state index contributed by atoms with van der Waals surface area (Å²) < 4.78 is 76.5. The van der Waals surface area contributed by atoms with E-state index in [1.165, 1.54) is 17.7 Å². The number of carbonyl (C=O) groups is 2. The van der Waals surface area contributed by atoms with Crippen LogP contribution in [0.25, 0.3) is 0 Å². The van der Waals surface area contributed by atoms with Gasteiger partial charge in [-0.25, -0.2) is 4.79 Å². The Bertz CT molecular complexity index is 1150. The first-order chi connectivity index (χ1) is 18.7. The summed E-state index contributed by atoms with van der Waals surface area (Å²) in [6.45, 7) is 6.71. The third-order valence-electron chi connectivity index (χ3n) is 7.37. The molecule has 2 fully saturated rings. The number of hydrogen-bond donors (Lipinski definition) is 1. The second kappa shape index (κ2) is 12.9. The molecule has 4 rings (SSSR count). The van der Waals surface area contributed by atoms with E-state index in [-0.39, 0.29) is 16.9 Å². The molecule has 2 aliphatic rings. The van der Waals surface area contributed by atoms with Gasteiger partial charge in [-0.15, -0.1) is 0 Å². The second-order valence-electron chi connectivity index (χ2n) is 9.99. The van der Waals surface area contributed by atoms with Crippen LogP contribution in [-0.2, 0) is 17.5 Å². The van der Waals surface area contributed by atoms with Crippen LogP contribution in [0.5, 0.6) is 5.75 Å². The van der Waals surface area contributed by atoms with Crippen LogP contribution < -0.4 is 4.74 Å². The summed E-state index contributed by atoms with van der Waals surface area (Å²) in [5, 5.41) is 7.12. The number of aliphatic carboxylic acids is 1. The van der Waals surface area contributed by atoms with E-state index in [0.717, 1.165) is 63.2 Å². The monoisotopic (exact) mass is 574 g/mol. The molecule has 1 N–H and O–H groups in total. The molecule has 0 unspecified atom stereocenters. The molecule has 6 nitrogen and oxygen atoms in total. The van der Waals surface area contributed by atoms with Gasteiger partial charge in [-0.2, -0.15) is 26.3 Å². The summed E-state index contributed by atoms with van der Waals surface area (Å²) in [5.41, 5.74) is 0.765. The standard InChI is InChI=1S/C26H31F3N2O2.C2HF3O2/c1-2-33-23-9-4-3-6-21(23)19-30-14-10-25(11-15-30)12-16-31(17-13-25)24(32)20-7-5-8-22(18-20)26(27,28)29;3-2(4,5)1(6)7/h3-9,18H,2,10-17,19H2,1H3;(H,6,7). The van der Waals surface area contributed by atoms with Crippen LogP contribution in [0.4, 0.5) is 26.3 Å². The SMILES string of the molecule is CCOc1ccccc1CN1CCC2(CC1)CCN(C(=O)c1cccc(C(F)(F)F)c1)CC2.O=C(O)C(F)(F)F. The minimum absolute atomic E-state index is 0.114. The molecule has 1 spiro atoms. The van der Waals surface area contributed by atoms with Crippen LogP contribution in [0.2, 0.25) is 0 Å². The van der Waals surface area contributed by atoms with E-state index in [2.05, 4.69) is 11.0 Å². The van der Waals surface area contributed by atoms with Crippen molar-refractivity contribution < 1.29 is 45.8 Å². The highest BCUT2D eigenvalue weighted by Gasteiger charge is 2.39. The molecule has 0 aromatic heterocycles. The average Bonchev–Trinajstić information content (AvgIpc) is 2.91. The van der Waals surface area contributed by atoms with Crippen molar-refractivity contribution in [3.8, 4) is 5.75 Å². The maximum atomic E-state index is 13.0. The summed E-state index contributed by atoms with van der Waals surface area (Å²) in [7, 11) is 0. The molecule has 0 bridgehead atoms. The molecule has 2 aromatic carbocycles. The van der Waals surface area contributed by atoms with Crippen LogP contribution in [-0.4, -0.2) is 65.7 Å². The van der Waals surface area contributed by atoms with Gasteiger partial charge in [0, 0.05) is 30.8 Å². The number of carboxylic acids is 1. The van der Waals surface area contributed by atoms with E-state index in [4.69, 9.17) is 14.6 Å². The first-order valence-electron chi connectivity index (χ1n) is 12.9. The van der Waals surface area contributed by atoms with Gasteiger partial charge in [0.2, 0.25) is 0 Å². The van der Waals surface area contributed by atoms with E-state index in [0.29, 0.717) is 19.7 Å². The van der Waals surface area contributed by atoms with Gasteiger partial charge in [-0.1, -0.05) is 24.3 Å². The number of ether oxygens (including phenoxy) is 1. The van der Waals surface area contributed by atoms with Gasteiger partial charge in [0.15, 0.2) is 0 Å². The lowest BCUT2D eigenvalue weighted by atomic mass is 9.71. The Kier molecular flexibility index (Phi) is 10.1. The molecule has 0 radical (unpaired) electrons. The maximum Gasteiger partial charge on any atom is 0.490 e. The van der Waals surface area contributed by atoms with Crippen LogP contribution in [0.15, 0.2) is 48.5 Å². The molecular formula is C28H32F6N2O4. The number of benzene rings is 2. The number of alkyl halides is 6. The highest BCUT2D eigenvalue weighted by molar-refractivity contribution is 5.94. The smallest absolute Gasteiger partial charge is 0.490 e. The van der Waals surface area contributed by atoms with E-state index in [9.17, 15) is 31.1 Å². The van der Waals surface area contributed by atoms with Crippen molar-refractivity contribution >= 4 is 11.9 Å². The predicted molar refractivity (Wildman–Crippen MR) is 135 cm³/mol. The fourth-order valence-corrected chi connectivity index (χ4v) is 5.05. The molecule has 40 heavy (non-hydrogen) atoms. The number of nitrogens with zero attached hydrogens (tertiary/aromatic N) is 2. The lowest BCUT2D eigenvalue weighted by Gasteiger charge is -2.47. The number of piperidine rings is 2. The Labute approximate surface area is 228 Å². The van der Waals surface area contributed by atoms with Crippen molar-refractivity contribution in [2.24, 2.45) is 5.41 Å². The van der Waals surface area contributed by atoms with Crippen LogP contribution in [0.3, 0.4) is 0 Å². The first kappa shape index (κ1) is 31.3. The van der Waals surface area contributed by atoms with E-state index < -0.39 is 23.9 Å². The number of para-hydroxylation sites is 1. The van der Waals surface area contributed by atoms with Gasteiger partial charge < -0.3 is 14.7 Å². The number of amides is 1. The molecule has 0 atom stereocenters. The van der Waals surface area contributed by atoms with Crippen molar-refractivity contribution in [3.05, 3.63) is 65.2 Å². The molecule has 1 amide bonds. The van der Waals surface area contributed by atoms with Gasteiger partial charge in [-0.3, -0.25) is 9.69 Å². The highest BCUT2D eigenvalue weighted by Crippen LogP contribution is 2.42. The van der Waals surface area contributed by atoms with Crippen LogP contribution in [0, 0.1) is 5.41 Å². The molecule has 0 saturated carbocycles. The molecule has 12 heteroatoms. The minimum atomic E-state index is -5.08. The third-order valence-corrected chi connectivity index (χ3v) is 7.37. The lowest BCUT2D eigenvalue weighted by molar-refractivity contribution is -0.192. The molecule has 2 aromatic rings. The Morgan fingerprint density at radius 1 is 0.900 bits per heavy atom. The van der Waals surface area contributed by atoms with Crippen LogP contribution in [0.1, 0.15) is 54.1 Å². The maximum absolute atomic E-state index is 13.0. The molecule has 0 aliphatic carbocycles. The number of halogens is 6. The minimum Gasteiger partial charge on any atom is -0.494 e. The van der Waals surface area contributed by atoms with Crippen molar-refractivity contribution in [3.63, 3.8) is 0 Å². The van der Waals surface area contributed by atoms with Crippen molar-refractivity contribution in [1.29, 1.82) is 0 Å². The number of rotatable bonds is 5. The summed E-state index contributed by atoms with van der Waals surface area (Å²) in [6, 6.07) is 12.9. The fraction of sp³-hybridized carbons (Fsp3) is 0.500. The molecular weight excluding hydrogens is 542 g/mol. The normalized spacial score (nSPS) is 17.6. The first-order valence-corrected chi connectivity index (χ1v) is 12.9. The zero-order valence-corrected chi connectivity index (χ0v) is 22.0. The summed E-state index contributed by atoms with van der Waals surface area (Å²) in [6.07, 6.45) is -5.56. The van der Waals surface area contributed by atoms with E-state index >= 15 is 0 Å². The molecule has 220 valence electrons. The van der Waals surface area contributed by atoms with Gasteiger partial charge in [0.05, 0.1) is 12.2 Å². The Hall–Kier alpha value is -3.28. The van der Waals surface area contributed by atoms with Crippen molar-refractivity contribution in [2.45, 2.75) is 51.5 Å². The summed E-state index contributed by atoms with van der Waals surface area (Å²) in [4.78, 5) is 25.9. The van der Waals surface area contributed by atoms with E-state index in [1.807, 2.05) is 25.1 Å². The van der Waals surface area contributed by atoms with Crippen LogP contribution >= 0.6 is 0 Å². The lowest BCUT2D eigenvalue weighted by Crippen LogP contribution is -2.48. The Morgan fingerprint density at radius 2 is 1.48 bits per heavy atom. The Morgan fingerprint density at radius 3 is 2.02 bits per heavy atom. The Balaban J connectivity index is 0.000000559. The molecule has 2 aliphatic heterocycles. The van der Waals surface area contributed by atoms with Crippen molar-refractivity contribution in [2.75, 3.05) is 32.8 Å². The zero-order chi connectivity index (χ0) is 29.6. The number of likely N-dealkylation sites (tertiary alicyclic amines) is 2. The number of hydrogen-bond acceptors (Lipinski definition) is 4. The van der Waals surface area contributed by atoms with Gasteiger partial charge in [0.25, 0.3) is 5.91 Å². The summed E-state index contributed by atoms with van der Waals surface area (Å²) in [5.74, 6) is -2.12. The quantitative estimate of drug-likeness (QED) is 0.428. The number of carboxylic acid groups (broad SMARTS) is 1. The van der Waals surface area contributed by atoms with E-state index in [1.54, 1.807) is 4.90 Å². The largest absolute Gasteiger partial charge is 0.494 e. The predicted octanol–water partition coefficient (Wildman–Crippen LogP) is 6.26. The molecule has 2 saturated heterocycles. The average molecular weight is 575 g/mol. The summed E-state index contributed by atoms with van der Waals surface area (Å²) >= 11 is 0. The third kappa shape index (κ3) is 8.36. The topological polar surface area (TPSA) is 70.1 Å². The van der Waals surface area contributed by atoms with Gasteiger partial charge >= 0.3 is 18.3 Å². The number of carbonyl (C=O) groups excluding carboxylic acids is 1. The van der Waals surface area contributed by atoms with Crippen molar-refractivity contribution in [1.82, 2.24) is 9.80 Å².